The Morgan fingerprint density at radius 2 is 1.27 bits per heavy atom. The number of nitrogens with zero attached hydrogens (tertiary/aromatic N) is 2. The molecule has 4 aromatic carbocycles. The number of hydrogen-bond acceptors (Lipinski definition) is 5. The largest absolute Gasteiger partial charge is 0.426 e. The molecule has 0 saturated carbocycles. The quantitative estimate of drug-likeness (QED) is 0.176. The molecule has 0 spiro atoms. The van der Waals surface area contributed by atoms with E-state index >= 15 is 0 Å². The van der Waals surface area contributed by atoms with E-state index in [9.17, 15) is 19.2 Å². The third-order valence-electron chi connectivity index (χ3n) is 9.86. The summed E-state index contributed by atoms with van der Waals surface area (Å²) in [4.78, 5) is 56.8. The van der Waals surface area contributed by atoms with E-state index in [2.05, 4.69) is 24.3 Å². The molecule has 3 amide bonds. The minimum atomic E-state index is -0.591. The summed E-state index contributed by atoms with van der Waals surface area (Å²) in [5.41, 5.74) is 7.87. The number of hydrogen-bond donors (Lipinski definition) is 0. The number of rotatable bonds is 4. The third kappa shape index (κ3) is 3.81. The average Bonchev–Trinajstić information content (AvgIpc) is 3.54. The predicted molar refractivity (Wildman–Crippen MR) is 164 cm³/mol. The summed E-state index contributed by atoms with van der Waals surface area (Å²) in [6, 6.07) is 28.7. The van der Waals surface area contributed by atoms with Gasteiger partial charge in [0.15, 0.2) is 0 Å². The standard InChI is InChI=1S/C37H30N2O5/c1-20-11-16-29(21(2)17-20)38-19-22(18-30(38)40)37(43)44-24-14-12-23(13-15-24)39-35(41)33-31-25-7-3-4-8-26(25)32(34(33)36(39)42)28-10-6-5-9-27(28)31/h3-17,22,31-34H,18-19H2,1-2H3/t22-,31?,32?,33-,34+/m0/s1. The number of esters is 1. The lowest BCUT2D eigenvalue weighted by Gasteiger charge is -2.45. The van der Waals surface area contributed by atoms with Gasteiger partial charge in [0.05, 0.1) is 23.4 Å². The second-order valence-electron chi connectivity index (χ2n) is 12.4. The topological polar surface area (TPSA) is 84.0 Å². The van der Waals surface area contributed by atoms with Gasteiger partial charge in [0.1, 0.15) is 5.75 Å². The van der Waals surface area contributed by atoms with E-state index in [1.165, 1.54) is 4.90 Å². The summed E-state index contributed by atoms with van der Waals surface area (Å²) in [5.74, 6) is -2.54. The molecular weight excluding hydrogens is 552 g/mol. The smallest absolute Gasteiger partial charge is 0.316 e. The Balaban J connectivity index is 1.02. The van der Waals surface area contributed by atoms with Crippen LogP contribution in [0.3, 0.4) is 0 Å². The fraction of sp³-hybridized carbons (Fsp3) is 0.243. The lowest BCUT2D eigenvalue weighted by atomic mass is 9.55. The van der Waals surface area contributed by atoms with Crippen LogP contribution in [0.2, 0.25) is 0 Å². The Bertz CT molecular complexity index is 1780. The summed E-state index contributed by atoms with van der Waals surface area (Å²) in [6.07, 6.45) is 0.0803. The molecule has 0 N–H and O–H groups in total. The molecule has 7 nitrogen and oxygen atoms in total. The second kappa shape index (κ2) is 9.74. The summed E-state index contributed by atoms with van der Waals surface area (Å²) < 4.78 is 5.67. The van der Waals surface area contributed by atoms with Crippen LogP contribution in [0.4, 0.5) is 11.4 Å². The Morgan fingerprint density at radius 1 is 0.727 bits per heavy atom. The maximum atomic E-state index is 14.0. The average molecular weight is 583 g/mol. The van der Waals surface area contributed by atoms with Crippen LogP contribution in [-0.2, 0) is 19.2 Å². The zero-order chi connectivity index (χ0) is 30.3. The van der Waals surface area contributed by atoms with E-state index in [1.54, 1.807) is 29.2 Å². The van der Waals surface area contributed by atoms with Gasteiger partial charge in [-0.25, -0.2) is 4.90 Å². The van der Waals surface area contributed by atoms with Crippen LogP contribution in [0.1, 0.15) is 51.6 Å². The van der Waals surface area contributed by atoms with Gasteiger partial charge < -0.3 is 9.64 Å². The molecule has 3 aliphatic carbocycles. The molecular formula is C37H30N2O5. The molecule has 4 aromatic rings. The van der Waals surface area contributed by atoms with Crippen LogP contribution in [-0.4, -0.2) is 30.2 Å². The molecule has 2 bridgehead atoms. The minimum Gasteiger partial charge on any atom is -0.426 e. The molecule has 44 heavy (non-hydrogen) atoms. The molecule has 0 aromatic heterocycles. The van der Waals surface area contributed by atoms with E-state index in [0.717, 1.165) is 39.1 Å². The van der Waals surface area contributed by atoms with Crippen LogP contribution in [0, 0.1) is 31.6 Å². The Hall–Kier alpha value is -5.04. The van der Waals surface area contributed by atoms with Crippen molar-refractivity contribution in [2.24, 2.45) is 17.8 Å². The Labute approximate surface area is 255 Å². The minimum absolute atomic E-state index is 0.0803. The number of carbonyl (C=O) groups is 4. The van der Waals surface area contributed by atoms with Crippen molar-refractivity contribution in [2.45, 2.75) is 32.1 Å². The third-order valence-corrected chi connectivity index (χ3v) is 9.86. The lowest BCUT2D eigenvalue weighted by Crippen LogP contribution is -2.41. The van der Waals surface area contributed by atoms with E-state index < -0.39 is 23.7 Å². The fourth-order valence-corrected chi connectivity index (χ4v) is 8.00. The zero-order valence-corrected chi connectivity index (χ0v) is 24.4. The molecule has 7 heteroatoms. The first-order valence-electron chi connectivity index (χ1n) is 15.1. The van der Waals surface area contributed by atoms with E-state index in [4.69, 9.17) is 4.74 Å². The van der Waals surface area contributed by atoms with Gasteiger partial charge in [0.25, 0.3) is 0 Å². The number of anilines is 2. The highest BCUT2D eigenvalue weighted by Crippen LogP contribution is 2.61. The van der Waals surface area contributed by atoms with Crippen molar-refractivity contribution in [1.29, 1.82) is 0 Å². The molecule has 5 aliphatic rings. The number of aryl methyl sites for hydroxylation is 2. The van der Waals surface area contributed by atoms with Crippen molar-refractivity contribution in [3.63, 3.8) is 0 Å². The highest BCUT2D eigenvalue weighted by Gasteiger charge is 2.61. The van der Waals surface area contributed by atoms with E-state index in [1.807, 2.05) is 56.3 Å². The van der Waals surface area contributed by atoms with Crippen LogP contribution in [0.25, 0.3) is 0 Å². The SMILES string of the molecule is Cc1ccc(N2C[C@@H](C(=O)Oc3ccc(N4C(=O)[C@@H]5C6c7ccccc7C(c7ccccc76)[C@@H]5C4=O)cc3)CC2=O)c(C)c1. The number of amides is 3. The van der Waals surface area contributed by atoms with Crippen LogP contribution in [0.15, 0.2) is 91.0 Å². The molecule has 218 valence electrons. The zero-order valence-electron chi connectivity index (χ0n) is 24.4. The first kappa shape index (κ1) is 26.6. The molecule has 2 fully saturated rings. The summed E-state index contributed by atoms with van der Waals surface area (Å²) in [5, 5.41) is 0. The van der Waals surface area contributed by atoms with Gasteiger partial charge in [-0.3, -0.25) is 19.2 Å². The van der Waals surface area contributed by atoms with Crippen molar-refractivity contribution >= 4 is 35.1 Å². The van der Waals surface area contributed by atoms with Gasteiger partial charge in [0.2, 0.25) is 17.7 Å². The van der Waals surface area contributed by atoms with Gasteiger partial charge in [-0.05, 0) is 72.0 Å². The van der Waals surface area contributed by atoms with Gasteiger partial charge >= 0.3 is 5.97 Å². The van der Waals surface area contributed by atoms with E-state index in [-0.39, 0.29) is 42.5 Å². The normalized spacial score (nSPS) is 24.8. The van der Waals surface area contributed by atoms with Gasteiger partial charge in [-0.2, -0.15) is 0 Å². The molecule has 2 saturated heterocycles. The number of benzene rings is 4. The number of ether oxygens (including phenoxy) is 1. The second-order valence-corrected chi connectivity index (χ2v) is 12.4. The van der Waals surface area contributed by atoms with Crippen molar-refractivity contribution in [2.75, 3.05) is 16.3 Å². The molecule has 3 atom stereocenters. The van der Waals surface area contributed by atoms with Crippen molar-refractivity contribution in [1.82, 2.24) is 0 Å². The van der Waals surface area contributed by atoms with Crippen molar-refractivity contribution in [3.05, 3.63) is 124 Å². The van der Waals surface area contributed by atoms with Crippen LogP contribution >= 0.6 is 0 Å². The maximum absolute atomic E-state index is 14.0. The molecule has 2 heterocycles. The highest BCUT2D eigenvalue weighted by molar-refractivity contribution is 6.23. The first-order valence-corrected chi connectivity index (χ1v) is 15.1. The summed E-state index contributed by atoms with van der Waals surface area (Å²) in [6.45, 7) is 4.21. The first-order chi connectivity index (χ1) is 21.3. The van der Waals surface area contributed by atoms with Crippen LogP contribution in [0.5, 0.6) is 5.75 Å². The molecule has 2 aliphatic heterocycles. The molecule has 0 radical (unpaired) electrons. The number of imide groups is 1. The Morgan fingerprint density at radius 3 is 1.80 bits per heavy atom. The van der Waals surface area contributed by atoms with Crippen molar-refractivity contribution < 1.29 is 23.9 Å². The van der Waals surface area contributed by atoms with Gasteiger partial charge in [-0.1, -0.05) is 66.2 Å². The van der Waals surface area contributed by atoms with Gasteiger partial charge in [0, 0.05) is 30.5 Å². The van der Waals surface area contributed by atoms with E-state index in [0.29, 0.717) is 11.4 Å². The number of carbonyl (C=O) groups excluding carboxylic acids is 4. The predicted octanol–water partition coefficient (Wildman–Crippen LogP) is 5.66. The monoisotopic (exact) mass is 582 g/mol. The highest BCUT2D eigenvalue weighted by atomic mass is 16.5. The molecule has 9 rings (SSSR count). The van der Waals surface area contributed by atoms with Gasteiger partial charge in [-0.15, -0.1) is 0 Å². The molecule has 0 unspecified atom stereocenters. The van der Waals surface area contributed by atoms with Crippen LogP contribution < -0.4 is 14.5 Å². The Kier molecular flexibility index (Phi) is 5.88. The summed E-state index contributed by atoms with van der Waals surface area (Å²) in [7, 11) is 0. The summed E-state index contributed by atoms with van der Waals surface area (Å²) >= 11 is 0. The fourth-order valence-electron chi connectivity index (χ4n) is 8.00. The lowest BCUT2D eigenvalue weighted by molar-refractivity contribution is -0.139. The maximum Gasteiger partial charge on any atom is 0.316 e. The van der Waals surface area contributed by atoms with Crippen molar-refractivity contribution in [3.8, 4) is 5.75 Å².